The Bertz CT molecular complexity index is 306. The zero-order valence-corrected chi connectivity index (χ0v) is 8.27. The fourth-order valence-corrected chi connectivity index (χ4v) is 0.927. The second kappa shape index (κ2) is 4.60. The Hall–Kier alpha value is -1.58. The Kier molecular flexibility index (Phi) is 3.45. The number of nitrogens with zero attached hydrogens (tertiary/aromatic N) is 1. The van der Waals surface area contributed by atoms with Gasteiger partial charge >= 0.3 is 0 Å². The van der Waals surface area contributed by atoms with E-state index in [4.69, 9.17) is 4.74 Å². The maximum atomic E-state index is 10.3. The first kappa shape index (κ1) is 10.5. The first-order valence-electron chi connectivity index (χ1n) is 4.47. The molecule has 0 atom stereocenters. The molecule has 1 aromatic carbocycles. The quantitative estimate of drug-likeness (QED) is 0.548. The summed E-state index contributed by atoms with van der Waals surface area (Å²) in [6.45, 7) is 4.72. The van der Waals surface area contributed by atoms with Crippen molar-refractivity contribution in [2.75, 3.05) is 6.61 Å². The fourth-order valence-electron chi connectivity index (χ4n) is 0.927. The number of hydrogen-bond donors (Lipinski definition) is 0. The van der Waals surface area contributed by atoms with Crippen molar-refractivity contribution in [3.63, 3.8) is 0 Å². The van der Waals surface area contributed by atoms with Gasteiger partial charge in [-0.3, -0.25) is 10.1 Å². The van der Waals surface area contributed by atoms with E-state index in [9.17, 15) is 10.1 Å². The molecule has 14 heavy (non-hydrogen) atoms. The highest BCUT2D eigenvalue weighted by Crippen LogP contribution is 2.17. The summed E-state index contributed by atoms with van der Waals surface area (Å²) < 4.78 is 5.38. The van der Waals surface area contributed by atoms with E-state index in [1.54, 1.807) is 12.1 Å². The Labute approximate surface area is 82.7 Å². The van der Waals surface area contributed by atoms with Crippen molar-refractivity contribution in [2.24, 2.45) is 5.92 Å². The van der Waals surface area contributed by atoms with Crippen LogP contribution in [0, 0.1) is 16.0 Å². The lowest BCUT2D eigenvalue weighted by atomic mass is 10.2. The fraction of sp³-hybridized carbons (Fsp3) is 0.400. The molecule has 0 saturated carbocycles. The summed E-state index contributed by atoms with van der Waals surface area (Å²) in [5.41, 5.74) is 0.0851. The first-order valence-corrected chi connectivity index (χ1v) is 4.47. The molecule has 0 heterocycles. The Morgan fingerprint density at radius 1 is 1.36 bits per heavy atom. The van der Waals surface area contributed by atoms with Gasteiger partial charge in [0.2, 0.25) is 0 Å². The van der Waals surface area contributed by atoms with E-state index in [2.05, 4.69) is 0 Å². The molecule has 0 aliphatic carbocycles. The highest BCUT2D eigenvalue weighted by atomic mass is 16.6. The molecule has 0 unspecified atom stereocenters. The van der Waals surface area contributed by atoms with Crippen LogP contribution in [-0.4, -0.2) is 11.5 Å². The van der Waals surface area contributed by atoms with Crippen molar-refractivity contribution in [1.82, 2.24) is 0 Å². The van der Waals surface area contributed by atoms with E-state index in [1.165, 1.54) is 12.1 Å². The molecule has 0 spiro atoms. The van der Waals surface area contributed by atoms with Crippen LogP contribution in [0.2, 0.25) is 0 Å². The predicted octanol–water partition coefficient (Wildman–Crippen LogP) is 2.63. The molecule has 1 aromatic rings. The molecule has 0 fully saturated rings. The van der Waals surface area contributed by atoms with Crippen molar-refractivity contribution < 1.29 is 9.66 Å². The highest BCUT2D eigenvalue weighted by Gasteiger charge is 2.04. The van der Waals surface area contributed by atoms with Crippen molar-refractivity contribution in [3.8, 4) is 5.75 Å². The van der Waals surface area contributed by atoms with Crippen LogP contribution >= 0.6 is 0 Å². The average molecular weight is 195 g/mol. The molecule has 0 N–H and O–H groups in total. The number of ether oxygens (including phenoxy) is 1. The predicted molar refractivity (Wildman–Crippen MR) is 53.4 cm³/mol. The number of rotatable bonds is 4. The van der Waals surface area contributed by atoms with Crippen LogP contribution in [-0.2, 0) is 0 Å². The molecular formula is C10H13NO3. The molecule has 0 aliphatic rings. The number of non-ortho nitro benzene ring substituents is 1. The molecule has 76 valence electrons. The second-order valence-corrected chi connectivity index (χ2v) is 3.46. The van der Waals surface area contributed by atoms with Gasteiger partial charge in [0.15, 0.2) is 0 Å². The van der Waals surface area contributed by atoms with E-state index < -0.39 is 4.92 Å². The van der Waals surface area contributed by atoms with E-state index in [0.29, 0.717) is 18.3 Å². The van der Waals surface area contributed by atoms with E-state index in [1.807, 2.05) is 13.8 Å². The summed E-state index contributed by atoms with van der Waals surface area (Å²) in [6, 6.07) is 6.10. The lowest BCUT2D eigenvalue weighted by Crippen LogP contribution is -2.04. The van der Waals surface area contributed by atoms with Gasteiger partial charge in [0.1, 0.15) is 5.75 Å². The largest absolute Gasteiger partial charge is 0.493 e. The van der Waals surface area contributed by atoms with Crippen molar-refractivity contribution >= 4 is 5.69 Å². The lowest BCUT2D eigenvalue weighted by Gasteiger charge is -2.07. The standard InChI is InChI=1S/C10H13NO3/c1-8(2)7-14-10-5-3-9(4-6-10)11(12)13/h3-6,8H,7H2,1-2H3. The zero-order chi connectivity index (χ0) is 10.6. The molecule has 0 aliphatic heterocycles. The monoisotopic (exact) mass is 195 g/mol. The van der Waals surface area contributed by atoms with Crippen molar-refractivity contribution in [2.45, 2.75) is 13.8 Å². The Morgan fingerprint density at radius 2 is 1.93 bits per heavy atom. The van der Waals surface area contributed by atoms with Crippen molar-refractivity contribution in [1.29, 1.82) is 0 Å². The number of hydrogen-bond acceptors (Lipinski definition) is 3. The molecule has 4 heteroatoms. The summed E-state index contributed by atoms with van der Waals surface area (Å²) in [7, 11) is 0. The number of nitro benzene ring substituents is 1. The van der Waals surface area contributed by atoms with Gasteiger partial charge in [-0.15, -0.1) is 0 Å². The van der Waals surface area contributed by atoms with Gasteiger partial charge in [-0.1, -0.05) is 13.8 Å². The van der Waals surface area contributed by atoms with Gasteiger partial charge in [0.25, 0.3) is 5.69 Å². The molecule has 0 saturated heterocycles. The van der Waals surface area contributed by atoms with E-state index in [-0.39, 0.29) is 5.69 Å². The van der Waals surface area contributed by atoms with Crippen LogP contribution in [0.25, 0.3) is 0 Å². The smallest absolute Gasteiger partial charge is 0.269 e. The van der Waals surface area contributed by atoms with Gasteiger partial charge in [0, 0.05) is 12.1 Å². The Morgan fingerprint density at radius 3 is 2.36 bits per heavy atom. The molecule has 0 bridgehead atoms. The topological polar surface area (TPSA) is 52.4 Å². The van der Waals surface area contributed by atoms with Gasteiger partial charge in [-0.25, -0.2) is 0 Å². The van der Waals surface area contributed by atoms with Crippen LogP contribution in [0.3, 0.4) is 0 Å². The third kappa shape index (κ3) is 3.05. The number of benzene rings is 1. The number of nitro groups is 1. The van der Waals surface area contributed by atoms with Gasteiger partial charge in [-0.05, 0) is 18.1 Å². The summed E-state index contributed by atoms with van der Waals surface area (Å²) in [4.78, 5) is 9.92. The van der Waals surface area contributed by atoms with Crippen LogP contribution in [0.4, 0.5) is 5.69 Å². The van der Waals surface area contributed by atoms with Gasteiger partial charge in [0.05, 0.1) is 11.5 Å². The van der Waals surface area contributed by atoms with E-state index >= 15 is 0 Å². The van der Waals surface area contributed by atoms with E-state index in [0.717, 1.165) is 0 Å². The molecule has 1 rings (SSSR count). The van der Waals surface area contributed by atoms with Gasteiger partial charge in [-0.2, -0.15) is 0 Å². The molecule has 0 amide bonds. The summed E-state index contributed by atoms with van der Waals surface area (Å²) >= 11 is 0. The summed E-state index contributed by atoms with van der Waals surface area (Å²) in [6.07, 6.45) is 0. The molecule has 0 aromatic heterocycles. The summed E-state index contributed by atoms with van der Waals surface area (Å²) in [5.74, 6) is 1.12. The minimum atomic E-state index is -0.424. The average Bonchev–Trinajstić information content (AvgIpc) is 2.15. The SMILES string of the molecule is CC(C)COc1ccc([N+](=O)[O-])cc1. The van der Waals surface area contributed by atoms with Crippen molar-refractivity contribution in [3.05, 3.63) is 34.4 Å². The first-order chi connectivity index (χ1) is 6.59. The molecule has 4 nitrogen and oxygen atoms in total. The van der Waals surface area contributed by atoms with Crippen LogP contribution in [0.5, 0.6) is 5.75 Å². The maximum Gasteiger partial charge on any atom is 0.269 e. The minimum absolute atomic E-state index is 0.0851. The van der Waals surface area contributed by atoms with Crippen LogP contribution < -0.4 is 4.74 Å². The van der Waals surface area contributed by atoms with Gasteiger partial charge < -0.3 is 4.74 Å². The Balaban J connectivity index is 2.60. The normalized spacial score (nSPS) is 10.2. The van der Waals surface area contributed by atoms with Crippen LogP contribution in [0.1, 0.15) is 13.8 Å². The maximum absolute atomic E-state index is 10.3. The molecular weight excluding hydrogens is 182 g/mol. The third-order valence-corrected chi connectivity index (χ3v) is 1.63. The third-order valence-electron chi connectivity index (χ3n) is 1.63. The lowest BCUT2D eigenvalue weighted by molar-refractivity contribution is -0.384. The minimum Gasteiger partial charge on any atom is -0.493 e. The highest BCUT2D eigenvalue weighted by molar-refractivity contribution is 5.35. The zero-order valence-electron chi connectivity index (χ0n) is 8.27. The van der Waals surface area contributed by atoms with Crippen LogP contribution in [0.15, 0.2) is 24.3 Å². The molecule has 0 radical (unpaired) electrons. The second-order valence-electron chi connectivity index (χ2n) is 3.46. The summed E-state index contributed by atoms with van der Waals surface area (Å²) in [5, 5.41) is 10.3.